The molecule has 0 bridgehead atoms. The van der Waals surface area contributed by atoms with Gasteiger partial charge in [-0.3, -0.25) is 4.79 Å². The molecule has 0 aromatic heterocycles. The molecule has 3 N–H and O–H groups in total. The Bertz CT molecular complexity index is 1040. The highest BCUT2D eigenvalue weighted by Gasteiger charge is 2.46. The maximum atomic E-state index is 13.0. The minimum Gasteiger partial charge on any atom is -0.479 e. The third-order valence-electron chi connectivity index (χ3n) is 6.51. The lowest BCUT2D eigenvalue weighted by atomic mass is 9.98. The first kappa shape index (κ1) is 22.8. The Morgan fingerprint density at radius 3 is 2.18 bits per heavy atom. The minimum absolute atomic E-state index is 0.0518. The summed E-state index contributed by atoms with van der Waals surface area (Å²) in [5, 5.41) is 22.0. The minimum atomic E-state index is -1.96. The zero-order chi connectivity index (χ0) is 23.8. The van der Waals surface area contributed by atoms with E-state index in [-0.39, 0.29) is 38.0 Å². The third-order valence-corrected chi connectivity index (χ3v) is 6.51. The molecule has 1 aliphatic heterocycles. The van der Waals surface area contributed by atoms with E-state index >= 15 is 0 Å². The van der Waals surface area contributed by atoms with Crippen molar-refractivity contribution in [2.75, 3.05) is 19.7 Å². The Morgan fingerprint density at radius 2 is 1.67 bits per heavy atom. The van der Waals surface area contributed by atoms with Crippen LogP contribution < -0.4 is 5.32 Å². The monoisotopic (exact) mass is 452 g/mol. The fraction of sp³-hybridized carbons (Fsp3) is 0.400. The molecular formula is C25H28N2O6. The molecule has 0 saturated carbocycles. The second-order valence-corrected chi connectivity index (χ2v) is 9.04. The molecule has 1 aliphatic carbocycles. The molecule has 0 spiro atoms. The number of fused-ring (bicyclic) bond motifs is 3. The summed E-state index contributed by atoms with van der Waals surface area (Å²) < 4.78 is 5.55. The molecule has 2 amide bonds. The van der Waals surface area contributed by atoms with Gasteiger partial charge in [0.15, 0.2) is 5.60 Å². The fourth-order valence-corrected chi connectivity index (χ4v) is 4.63. The molecular weight excluding hydrogens is 424 g/mol. The predicted octanol–water partition coefficient (Wildman–Crippen LogP) is 2.60. The number of carbonyl (C=O) groups is 3. The Balaban J connectivity index is 1.42. The van der Waals surface area contributed by atoms with E-state index in [1.807, 2.05) is 36.4 Å². The molecule has 4 rings (SSSR count). The van der Waals surface area contributed by atoms with Gasteiger partial charge in [0.05, 0.1) is 6.54 Å². The molecule has 8 heteroatoms. The molecule has 2 aromatic carbocycles. The number of likely N-dealkylation sites (tertiary alicyclic amines) is 1. The van der Waals surface area contributed by atoms with Crippen LogP contribution in [0.1, 0.15) is 37.3 Å². The molecule has 1 heterocycles. The Labute approximate surface area is 192 Å². The fourth-order valence-electron chi connectivity index (χ4n) is 4.63. The van der Waals surface area contributed by atoms with Crippen LogP contribution in [0, 0.1) is 5.92 Å². The summed E-state index contributed by atoms with van der Waals surface area (Å²) in [4.78, 5) is 38.2. The van der Waals surface area contributed by atoms with Crippen LogP contribution >= 0.6 is 0 Å². The highest BCUT2D eigenvalue weighted by molar-refractivity contribution is 5.88. The number of hydrogen-bond donors (Lipinski definition) is 3. The van der Waals surface area contributed by atoms with Crippen LogP contribution in [-0.4, -0.2) is 64.4 Å². The summed E-state index contributed by atoms with van der Waals surface area (Å²) in [5.41, 5.74) is 2.47. The van der Waals surface area contributed by atoms with Crippen molar-refractivity contribution in [2.24, 2.45) is 5.92 Å². The molecule has 2 atom stereocenters. The molecule has 1 unspecified atom stereocenters. The number of carboxylic acid groups (broad SMARTS) is 1. The summed E-state index contributed by atoms with van der Waals surface area (Å²) >= 11 is 0. The number of carbonyl (C=O) groups excluding carboxylic acids is 2. The summed E-state index contributed by atoms with van der Waals surface area (Å²) in [5.74, 6) is -2.14. The van der Waals surface area contributed by atoms with Gasteiger partial charge in [0, 0.05) is 18.9 Å². The molecule has 2 aromatic rings. The summed E-state index contributed by atoms with van der Waals surface area (Å²) in [6.45, 7) is 3.49. The molecule has 1 saturated heterocycles. The van der Waals surface area contributed by atoms with Crippen LogP contribution in [-0.2, 0) is 14.3 Å². The maximum Gasteiger partial charge on any atom is 0.407 e. The number of nitrogens with zero attached hydrogens (tertiary/aromatic N) is 1. The number of benzene rings is 2. The average Bonchev–Trinajstić information content (AvgIpc) is 3.35. The van der Waals surface area contributed by atoms with Gasteiger partial charge in [-0.15, -0.1) is 0 Å². The lowest BCUT2D eigenvalue weighted by Crippen LogP contribution is -2.52. The number of β-amino-alcohol motifs (C(OH)–C–C–N with tert-alkyl or cyclic N) is 1. The number of amides is 2. The van der Waals surface area contributed by atoms with E-state index in [4.69, 9.17) is 4.74 Å². The van der Waals surface area contributed by atoms with Crippen LogP contribution in [0.4, 0.5) is 4.79 Å². The summed E-state index contributed by atoms with van der Waals surface area (Å²) in [6.07, 6.45) is -0.763. The first-order valence-corrected chi connectivity index (χ1v) is 11.1. The van der Waals surface area contributed by atoms with Crippen LogP contribution in [0.5, 0.6) is 0 Å². The van der Waals surface area contributed by atoms with Gasteiger partial charge in [0.2, 0.25) is 5.91 Å². The van der Waals surface area contributed by atoms with Crippen molar-refractivity contribution in [1.29, 1.82) is 0 Å². The number of ether oxygens (including phenoxy) is 1. The largest absolute Gasteiger partial charge is 0.479 e. The van der Waals surface area contributed by atoms with Gasteiger partial charge in [0.25, 0.3) is 0 Å². The first-order valence-electron chi connectivity index (χ1n) is 11.1. The zero-order valence-corrected chi connectivity index (χ0v) is 18.7. The molecule has 2 aliphatic rings. The smallest absolute Gasteiger partial charge is 0.407 e. The van der Waals surface area contributed by atoms with Crippen LogP contribution in [0.2, 0.25) is 0 Å². The Hall–Kier alpha value is -3.39. The van der Waals surface area contributed by atoms with Gasteiger partial charge in [-0.05, 0) is 28.2 Å². The lowest BCUT2D eigenvalue weighted by Gasteiger charge is -2.27. The van der Waals surface area contributed by atoms with Crippen molar-refractivity contribution in [3.8, 4) is 11.1 Å². The van der Waals surface area contributed by atoms with Crippen molar-refractivity contribution in [3.05, 3.63) is 59.7 Å². The molecule has 1 fully saturated rings. The zero-order valence-electron chi connectivity index (χ0n) is 18.7. The van der Waals surface area contributed by atoms with Gasteiger partial charge >= 0.3 is 12.1 Å². The van der Waals surface area contributed by atoms with Gasteiger partial charge in [-0.1, -0.05) is 62.4 Å². The number of nitrogens with one attached hydrogen (secondary N) is 1. The van der Waals surface area contributed by atoms with Gasteiger partial charge in [0.1, 0.15) is 12.6 Å². The molecule has 174 valence electrons. The van der Waals surface area contributed by atoms with Crippen molar-refractivity contribution in [1.82, 2.24) is 10.2 Å². The second-order valence-electron chi connectivity index (χ2n) is 9.04. The highest BCUT2D eigenvalue weighted by Crippen LogP contribution is 2.44. The number of aliphatic hydroxyl groups is 1. The highest BCUT2D eigenvalue weighted by atomic mass is 16.5. The van der Waals surface area contributed by atoms with Gasteiger partial charge in [-0.2, -0.15) is 0 Å². The number of carboxylic acids is 1. The van der Waals surface area contributed by atoms with E-state index in [1.54, 1.807) is 13.8 Å². The Kier molecular flexibility index (Phi) is 6.12. The van der Waals surface area contributed by atoms with Gasteiger partial charge in [-0.25, -0.2) is 9.59 Å². The second kappa shape index (κ2) is 8.86. The van der Waals surface area contributed by atoms with E-state index in [1.165, 1.54) is 4.90 Å². The normalized spacial score (nSPS) is 20.3. The van der Waals surface area contributed by atoms with Crippen LogP contribution in [0.3, 0.4) is 0 Å². The standard InChI is InChI=1S/C25H28N2O6/c1-15(2)21(22(28)27-12-11-25(32,14-27)23(29)30)26-24(31)33-13-20-18-9-5-3-7-16(18)17-8-4-6-10-19(17)20/h3-10,15,20-21,32H,11-14H2,1-2H3,(H,26,31)(H,29,30)/t21-,25?/m1/s1. The SMILES string of the molecule is CC(C)[C@@H](NC(=O)OCC1c2ccccc2-c2ccccc21)C(=O)N1CCC(O)(C(=O)O)C1. The third kappa shape index (κ3) is 4.30. The molecule has 33 heavy (non-hydrogen) atoms. The number of rotatable bonds is 6. The molecule has 8 nitrogen and oxygen atoms in total. The van der Waals surface area contributed by atoms with E-state index < -0.39 is 29.6 Å². The number of aliphatic carboxylic acids is 1. The van der Waals surface area contributed by atoms with E-state index in [9.17, 15) is 24.6 Å². The van der Waals surface area contributed by atoms with Crippen molar-refractivity contribution < 1.29 is 29.3 Å². The van der Waals surface area contributed by atoms with Crippen molar-refractivity contribution in [3.63, 3.8) is 0 Å². The van der Waals surface area contributed by atoms with E-state index in [2.05, 4.69) is 17.4 Å². The summed E-state index contributed by atoms with van der Waals surface area (Å²) in [6, 6.07) is 15.1. The maximum absolute atomic E-state index is 13.0. The van der Waals surface area contributed by atoms with Crippen molar-refractivity contribution in [2.45, 2.75) is 37.8 Å². The quantitative estimate of drug-likeness (QED) is 0.620. The summed E-state index contributed by atoms with van der Waals surface area (Å²) in [7, 11) is 0. The van der Waals surface area contributed by atoms with E-state index in [0.29, 0.717) is 0 Å². The van der Waals surface area contributed by atoms with Crippen molar-refractivity contribution >= 4 is 18.0 Å². The first-order chi connectivity index (χ1) is 15.7. The van der Waals surface area contributed by atoms with Crippen LogP contribution in [0.25, 0.3) is 11.1 Å². The van der Waals surface area contributed by atoms with Gasteiger partial charge < -0.3 is 25.2 Å². The lowest BCUT2D eigenvalue weighted by molar-refractivity contribution is -0.157. The number of alkyl carbamates (subject to hydrolysis) is 1. The topological polar surface area (TPSA) is 116 Å². The Morgan fingerprint density at radius 1 is 1.09 bits per heavy atom. The van der Waals surface area contributed by atoms with Crippen LogP contribution in [0.15, 0.2) is 48.5 Å². The van der Waals surface area contributed by atoms with E-state index in [0.717, 1.165) is 22.3 Å². The average molecular weight is 453 g/mol. The predicted molar refractivity (Wildman–Crippen MR) is 121 cm³/mol. The number of hydrogen-bond acceptors (Lipinski definition) is 5. The molecule has 0 radical (unpaired) electrons.